The average molecular weight is 370 g/mol. The van der Waals surface area contributed by atoms with Gasteiger partial charge >= 0.3 is 0 Å². The summed E-state index contributed by atoms with van der Waals surface area (Å²) < 4.78 is 26.2. The predicted molar refractivity (Wildman–Crippen MR) is 102 cm³/mol. The summed E-state index contributed by atoms with van der Waals surface area (Å²) in [5, 5.41) is 3.37. The van der Waals surface area contributed by atoms with Crippen LogP contribution in [0.2, 0.25) is 0 Å². The van der Waals surface area contributed by atoms with Gasteiger partial charge < -0.3 is 10.3 Å². The maximum atomic E-state index is 11.9. The van der Waals surface area contributed by atoms with Gasteiger partial charge in [0.2, 0.25) is 10.0 Å². The fraction of sp³-hybridized carbons (Fsp3) is 0.211. The van der Waals surface area contributed by atoms with Crippen molar-refractivity contribution in [2.45, 2.75) is 24.4 Å². The van der Waals surface area contributed by atoms with Crippen molar-refractivity contribution < 1.29 is 8.42 Å². The third-order valence-corrected chi connectivity index (χ3v) is 5.64. The van der Waals surface area contributed by atoms with E-state index in [2.05, 4.69) is 20.0 Å². The van der Waals surface area contributed by atoms with Gasteiger partial charge in [-0.25, -0.2) is 18.1 Å². The van der Waals surface area contributed by atoms with Gasteiger partial charge in [0.25, 0.3) is 0 Å². The third-order valence-electron chi connectivity index (χ3n) is 4.23. The summed E-state index contributed by atoms with van der Waals surface area (Å²) in [7, 11) is -2.04. The van der Waals surface area contributed by atoms with Crippen LogP contribution < -0.4 is 10.0 Å². The number of sulfonamides is 1. The van der Waals surface area contributed by atoms with E-state index in [9.17, 15) is 8.42 Å². The molecule has 7 heteroatoms. The molecule has 2 aromatic carbocycles. The van der Waals surface area contributed by atoms with Crippen molar-refractivity contribution in [2.24, 2.45) is 0 Å². The van der Waals surface area contributed by atoms with Crippen LogP contribution in [0.3, 0.4) is 0 Å². The summed E-state index contributed by atoms with van der Waals surface area (Å²) in [6.45, 7) is 2.54. The second-order valence-corrected chi connectivity index (χ2v) is 7.88. The summed E-state index contributed by atoms with van der Waals surface area (Å²) in [5.41, 5.74) is 2.96. The van der Waals surface area contributed by atoms with Crippen LogP contribution in [0.25, 0.3) is 11.3 Å². The lowest BCUT2D eigenvalue weighted by molar-refractivity contribution is 0.560. The van der Waals surface area contributed by atoms with Crippen molar-refractivity contribution in [1.29, 1.82) is 0 Å². The fourth-order valence-electron chi connectivity index (χ4n) is 2.65. The highest BCUT2D eigenvalue weighted by Gasteiger charge is 2.14. The number of aromatic amines is 1. The normalized spacial score (nSPS) is 12.8. The van der Waals surface area contributed by atoms with Gasteiger partial charge in [0, 0.05) is 6.04 Å². The molecule has 0 amide bonds. The fourth-order valence-corrected chi connectivity index (χ4v) is 3.44. The van der Waals surface area contributed by atoms with Crippen molar-refractivity contribution in [1.82, 2.24) is 20.0 Å². The van der Waals surface area contributed by atoms with Crippen molar-refractivity contribution in [3.05, 3.63) is 72.2 Å². The van der Waals surface area contributed by atoms with Gasteiger partial charge in [-0.1, -0.05) is 42.5 Å². The van der Waals surface area contributed by atoms with E-state index in [0.29, 0.717) is 6.54 Å². The van der Waals surface area contributed by atoms with Crippen LogP contribution in [0, 0.1) is 0 Å². The molecule has 0 aliphatic heterocycles. The van der Waals surface area contributed by atoms with Gasteiger partial charge in [0.05, 0.1) is 23.3 Å². The molecule has 0 saturated carbocycles. The Bertz CT molecular complexity index is 968. The quantitative estimate of drug-likeness (QED) is 0.597. The van der Waals surface area contributed by atoms with Crippen LogP contribution in [-0.4, -0.2) is 25.4 Å². The number of hydrogen-bond donors (Lipinski definition) is 3. The number of nitrogens with zero attached hydrogens (tertiary/aromatic N) is 1. The molecule has 0 bridgehead atoms. The maximum absolute atomic E-state index is 11.9. The number of H-pyrrole nitrogens is 1. The van der Waals surface area contributed by atoms with Crippen LogP contribution in [0.1, 0.15) is 24.4 Å². The zero-order valence-electron chi connectivity index (χ0n) is 14.7. The minimum Gasteiger partial charge on any atom is -0.341 e. The molecule has 1 atom stereocenters. The summed E-state index contributed by atoms with van der Waals surface area (Å²) in [5.74, 6) is 0.828. The van der Waals surface area contributed by atoms with Gasteiger partial charge in [0.1, 0.15) is 5.82 Å². The smallest absolute Gasteiger partial charge is 0.240 e. The molecule has 0 saturated heterocycles. The van der Waals surface area contributed by atoms with Gasteiger partial charge in [-0.05, 0) is 37.2 Å². The molecule has 3 aromatic rings. The summed E-state index contributed by atoms with van der Waals surface area (Å²) >= 11 is 0. The van der Waals surface area contributed by atoms with E-state index >= 15 is 0 Å². The summed E-state index contributed by atoms with van der Waals surface area (Å²) in [6.07, 6.45) is 1.82. The highest BCUT2D eigenvalue weighted by Crippen LogP contribution is 2.19. The lowest BCUT2D eigenvalue weighted by atomic mass is 10.1. The Morgan fingerprint density at radius 2 is 1.88 bits per heavy atom. The molecule has 0 aliphatic rings. The van der Waals surface area contributed by atoms with Crippen molar-refractivity contribution in [3.63, 3.8) is 0 Å². The molecule has 0 spiro atoms. The van der Waals surface area contributed by atoms with E-state index in [1.807, 2.05) is 49.5 Å². The first-order valence-corrected chi connectivity index (χ1v) is 9.84. The Hall–Kier alpha value is -2.48. The number of imidazole rings is 1. The number of benzene rings is 2. The van der Waals surface area contributed by atoms with Crippen molar-refractivity contribution >= 4 is 10.0 Å². The minimum atomic E-state index is -3.44. The molecule has 3 rings (SSSR count). The van der Waals surface area contributed by atoms with Crippen LogP contribution in [0.4, 0.5) is 0 Å². The highest BCUT2D eigenvalue weighted by atomic mass is 32.2. The SMILES string of the molecule is CNS(=O)(=O)c1cccc(C(C)NCc2ncc(-c3ccccc3)[nH]2)c1. The number of hydrogen-bond acceptors (Lipinski definition) is 4. The first-order valence-electron chi connectivity index (χ1n) is 8.36. The average Bonchev–Trinajstić information content (AvgIpc) is 3.16. The van der Waals surface area contributed by atoms with Gasteiger partial charge in [-0.2, -0.15) is 0 Å². The predicted octanol–water partition coefficient (Wildman–Crippen LogP) is 2.84. The van der Waals surface area contributed by atoms with Gasteiger partial charge in [0.15, 0.2) is 0 Å². The zero-order chi connectivity index (χ0) is 18.6. The molecule has 1 aromatic heterocycles. The monoisotopic (exact) mass is 370 g/mol. The van der Waals surface area contributed by atoms with E-state index in [1.165, 1.54) is 7.05 Å². The van der Waals surface area contributed by atoms with E-state index in [0.717, 1.165) is 22.6 Å². The second-order valence-electron chi connectivity index (χ2n) is 5.99. The lowest BCUT2D eigenvalue weighted by Crippen LogP contribution is -2.21. The maximum Gasteiger partial charge on any atom is 0.240 e. The van der Waals surface area contributed by atoms with Gasteiger partial charge in [-0.3, -0.25) is 0 Å². The molecule has 3 N–H and O–H groups in total. The van der Waals surface area contributed by atoms with E-state index in [1.54, 1.807) is 18.2 Å². The van der Waals surface area contributed by atoms with E-state index < -0.39 is 10.0 Å². The Labute approximate surface area is 153 Å². The van der Waals surface area contributed by atoms with Crippen LogP contribution in [0.15, 0.2) is 65.7 Å². The molecule has 136 valence electrons. The largest absolute Gasteiger partial charge is 0.341 e. The molecule has 0 aliphatic carbocycles. The van der Waals surface area contributed by atoms with E-state index in [-0.39, 0.29) is 10.9 Å². The Kier molecular flexibility index (Phi) is 5.51. The molecule has 0 radical (unpaired) electrons. The Morgan fingerprint density at radius 3 is 2.62 bits per heavy atom. The molecule has 26 heavy (non-hydrogen) atoms. The number of rotatable bonds is 7. The first-order chi connectivity index (χ1) is 12.5. The van der Waals surface area contributed by atoms with Crippen LogP contribution in [-0.2, 0) is 16.6 Å². The zero-order valence-corrected chi connectivity index (χ0v) is 15.5. The first kappa shape index (κ1) is 18.3. The molecule has 1 unspecified atom stereocenters. The summed E-state index contributed by atoms with van der Waals surface area (Å²) in [6, 6.07) is 16.9. The van der Waals surface area contributed by atoms with Crippen LogP contribution in [0.5, 0.6) is 0 Å². The standard InChI is InChI=1S/C19H22N4O2S/c1-14(16-9-6-10-17(11-16)26(24,25)20-2)21-13-19-22-12-18(23-19)15-7-4-3-5-8-15/h3-12,14,20-21H,13H2,1-2H3,(H,22,23). The van der Waals surface area contributed by atoms with Crippen molar-refractivity contribution in [3.8, 4) is 11.3 Å². The molecular weight excluding hydrogens is 348 g/mol. The number of nitrogens with one attached hydrogen (secondary N) is 3. The number of aromatic nitrogens is 2. The van der Waals surface area contributed by atoms with Gasteiger partial charge in [-0.15, -0.1) is 0 Å². The second kappa shape index (κ2) is 7.82. The Morgan fingerprint density at radius 1 is 1.12 bits per heavy atom. The molecule has 6 nitrogen and oxygen atoms in total. The molecule has 0 fully saturated rings. The summed E-state index contributed by atoms with van der Waals surface area (Å²) in [4.78, 5) is 7.97. The third kappa shape index (κ3) is 4.19. The molecular formula is C19H22N4O2S. The van der Waals surface area contributed by atoms with Crippen molar-refractivity contribution in [2.75, 3.05) is 7.05 Å². The van der Waals surface area contributed by atoms with Crippen LogP contribution >= 0.6 is 0 Å². The van der Waals surface area contributed by atoms with E-state index in [4.69, 9.17) is 0 Å². The minimum absolute atomic E-state index is 0.0210. The molecule has 1 heterocycles. The topological polar surface area (TPSA) is 86.9 Å². The Balaban J connectivity index is 1.67. The lowest BCUT2D eigenvalue weighted by Gasteiger charge is -2.14. The highest BCUT2D eigenvalue weighted by molar-refractivity contribution is 7.89.